The predicted molar refractivity (Wildman–Crippen MR) is 158 cm³/mol. The van der Waals surface area contributed by atoms with E-state index in [4.69, 9.17) is 0 Å². The second kappa shape index (κ2) is 11.1. The normalized spacial score (nSPS) is 17.5. The van der Waals surface area contributed by atoms with Gasteiger partial charge in [0, 0.05) is 48.0 Å². The summed E-state index contributed by atoms with van der Waals surface area (Å²) in [5.74, 6) is 1.32. The fourth-order valence-corrected chi connectivity index (χ4v) is 7.29. The fraction of sp³-hybridized carbons (Fsp3) is 0.333. The quantitative estimate of drug-likeness (QED) is 0.238. The highest BCUT2D eigenvalue weighted by Crippen LogP contribution is 2.56. The first-order valence-electron chi connectivity index (χ1n) is 14.6. The second-order valence-corrected chi connectivity index (χ2v) is 11.1. The van der Waals surface area contributed by atoms with Gasteiger partial charge in [-0.15, -0.1) is 0 Å². The Hall–Kier alpha value is -3.16. The van der Waals surface area contributed by atoms with E-state index in [1.54, 1.807) is 11.1 Å². The van der Waals surface area contributed by atoms with Gasteiger partial charge in [0.1, 0.15) is 17.1 Å². The van der Waals surface area contributed by atoms with Crippen LogP contribution in [0.25, 0.3) is 0 Å². The average Bonchev–Trinajstić information content (AvgIpc) is 3.00. The van der Waals surface area contributed by atoms with Crippen molar-refractivity contribution in [1.29, 1.82) is 0 Å². The van der Waals surface area contributed by atoms with Crippen molar-refractivity contribution in [2.75, 3.05) is 0 Å². The van der Waals surface area contributed by atoms with Gasteiger partial charge >= 0.3 is 0 Å². The summed E-state index contributed by atoms with van der Waals surface area (Å²) < 4.78 is 0.634. The van der Waals surface area contributed by atoms with Crippen LogP contribution >= 0.6 is 0 Å². The van der Waals surface area contributed by atoms with Crippen molar-refractivity contribution in [3.05, 3.63) is 120 Å². The molecule has 0 atom stereocenters. The molecule has 0 bridgehead atoms. The topological polar surface area (TPSA) is 0 Å². The van der Waals surface area contributed by atoms with Crippen molar-refractivity contribution in [3.63, 3.8) is 0 Å². The SMILES string of the molecule is c1ccc([N+](c2ccccc2)(c2ccccc2)c2cccc(C3CCCCC3)c2C2CCCCC2)cc1. The summed E-state index contributed by atoms with van der Waals surface area (Å²) in [6.07, 6.45) is 13.5. The number of para-hydroxylation sites is 3. The molecule has 0 aromatic heterocycles. The zero-order valence-corrected chi connectivity index (χ0v) is 22.1. The maximum Gasteiger partial charge on any atom is 0.151 e. The number of nitrogens with zero attached hydrogens (tertiary/aromatic N) is 1. The zero-order chi connectivity index (χ0) is 24.9. The number of rotatable bonds is 6. The molecule has 0 heterocycles. The third-order valence-electron chi connectivity index (χ3n) is 8.97. The van der Waals surface area contributed by atoms with Crippen molar-refractivity contribution in [2.24, 2.45) is 0 Å². The molecule has 37 heavy (non-hydrogen) atoms. The van der Waals surface area contributed by atoms with Gasteiger partial charge in [0.05, 0.1) is 0 Å². The van der Waals surface area contributed by atoms with Crippen LogP contribution in [0, 0.1) is 0 Å². The molecule has 2 saturated carbocycles. The molecular weight excluding hydrogens is 446 g/mol. The van der Waals surface area contributed by atoms with Gasteiger partial charge in [-0.1, -0.05) is 105 Å². The summed E-state index contributed by atoms with van der Waals surface area (Å²) in [7, 11) is 0. The minimum Gasteiger partial charge on any atom is -0.194 e. The Kier molecular flexibility index (Phi) is 7.24. The Bertz CT molecular complexity index is 1170. The summed E-state index contributed by atoms with van der Waals surface area (Å²) >= 11 is 0. The molecular formula is C36H40N+. The maximum absolute atomic E-state index is 2.50. The largest absolute Gasteiger partial charge is 0.194 e. The summed E-state index contributed by atoms with van der Waals surface area (Å²) in [6.45, 7) is 0. The van der Waals surface area contributed by atoms with Crippen LogP contribution in [-0.4, -0.2) is 0 Å². The molecule has 4 aromatic rings. The third-order valence-corrected chi connectivity index (χ3v) is 8.97. The van der Waals surface area contributed by atoms with Crippen LogP contribution in [0.3, 0.4) is 0 Å². The van der Waals surface area contributed by atoms with E-state index < -0.39 is 0 Å². The Balaban J connectivity index is 1.70. The van der Waals surface area contributed by atoms with E-state index in [-0.39, 0.29) is 0 Å². The summed E-state index contributed by atoms with van der Waals surface area (Å²) in [6, 6.07) is 41.0. The van der Waals surface area contributed by atoms with E-state index in [0.717, 1.165) is 0 Å². The monoisotopic (exact) mass is 486 g/mol. The lowest BCUT2D eigenvalue weighted by molar-refractivity contribution is 0.416. The van der Waals surface area contributed by atoms with E-state index in [1.807, 2.05) is 0 Å². The lowest BCUT2D eigenvalue weighted by Crippen LogP contribution is -2.35. The Morgan fingerprint density at radius 2 is 0.838 bits per heavy atom. The number of hydrogen-bond acceptors (Lipinski definition) is 0. The van der Waals surface area contributed by atoms with Gasteiger partial charge in [-0.25, -0.2) is 0 Å². The van der Waals surface area contributed by atoms with Crippen LogP contribution in [0.5, 0.6) is 0 Å². The lowest BCUT2D eigenvalue weighted by Gasteiger charge is -2.41. The van der Waals surface area contributed by atoms with Gasteiger partial charge < -0.3 is 0 Å². The molecule has 2 fully saturated rings. The smallest absolute Gasteiger partial charge is 0.151 e. The minimum atomic E-state index is 0.634. The van der Waals surface area contributed by atoms with Crippen molar-refractivity contribution >= 4 is 22.7 Å². The molecule has 188 valence electrons. The van der Waals surface area contributed by atoms with E-state index in [2.05, 4.69) is 109 Å². The zero-order valence-electron chi connectivity index (χ0n) is 22.1. The Labute approximate surface area is 223 Å². The molecule has 0 radical (unpaired) electrons. The molecule has 0 saturated heterocycles. The molecule has 1 heteroatoms. The van der Waals surface area contributed by atoms with Gasteiger partial charge in [0.25, 0.3) is 0 Å². The Morgan fingerprint density at radius 3 is 1.30 bits per heavy atom. The fourth-order valence-electron chi connectivity index (χ4n) is 7.29. The average molecular weight is 487 g/mol. The maximum atomic E-state index is 2.50. The van der Waals surface area contributed by atoms with E-state index in [0.29, 0.717) is 16.3 Å². The van der Waals surface area contributed by atoms with Crippen molar-refractivity contribution in [3.8, 4) is 0 Å². The van der Waals surface area contributed by atoms with E-state index >= 15 is 0 Å². The molecule has 0 N–H and O–H groups in total. The van der Waals surface area contributed by atoms with Gasteiger partial charge in [-0.05, 0) is 43.1 Å². The molecule has 6 rings (SSSR count). The molecule has 2 aliphatic carbocycles. The van der Waals surface area contributed by atoms with Crippen LogP contribution in [0.15, 0.2) is 109 Å². The molecule has 2 aliphatic rings. The molecule has 4 aromatic carbocycles. The molecule has 0 unspecified atom stereocenters. The van der Waals surface area contributed by atoms with E-state index in [9.17, 15) is 0 Å². The summed E-state index contributed by atoms with van der Waals surface area (Å²) in [5.41, 5.74) is 8.67. The van der Waals surface area contributed by atoms with E-state index in [1.165, 1.54) is 87.0 Å². The van der Waals surface area contributed by atoms with Crippen molar-refractivity contribution in [1.82, 2.24) is 4.48 Å². The van der Waals surface area contributed by atoms with Crippen molar-refractivity contribution < 1.29 is 0 Å². The number of quaternary nitrogens is 1. The first-order valence-corrected chi connectivity index (χ1v) is 14.6. The highest BCUT2D eigenvalue weighted by molar-refractivity contribution is 5.83. The third kappa shape index (κ3) is 4.55. The van der Waals surface area contributed by atoms with Crippen LogP contribution < -0.4 is 4.48 Å². The molecule has 0 spiro atoms. The predicted octanol–water partition coefficient (Wildman–Crippen LogP) is 11.1. The van der Waals surface area contributed by atoms with Gasteiger partial charge in [0.2, 0.25) is 0 Å². The van der Waals surface area contributed by atoms with Gasteiger partial charge in [-0.3, -0.25) is 0 Å². The minimum absolute atomic E-state index is 0.634. The van der Waals surface area contributed by atoms with Crippen LogP contribution in [0.4, 0.5) is 22.7 Å². The highest BCUT2D eigenvalue weighted by atomic mass is 15.4. The first-order chi connectivity index (χ1) is 18.4. The standard InChI is InChI=1S/C36H40N/c1-6-17-29(18-7-1)34-27-16-28-35(36(34)30-19-8-2-9-20-30)37(31-21-10-3-11-22-31,32-23-12-4-13-24-32)33-25-14-5-15-26-33/h3-5,10-16,21-30H,1-2,6-9,17-20H2/q+1. The number of hydrogen-bond donors (Lipinski definition) is 0. The Morgan fingerprint density at radius 1 is 0.405 bits per heavy atom. The first kappa shape index (κ1) is 24.2. The van der Waals surface area contributed by atoms with Crippen LogP contribution in [0.1, 0.15) is 87.2 Å². The molecule has 1 nitrogen and oxygen atoms in total. The summed E-state index contributed by atoms with van der Waals surface area (Å²) in [4.78, 5) is 0. The van der Waals surface area contributed by atoms with Crippen LogP contribution in [-0.2, 0) is 0 Å². The van der Waals surface area contributed by atoms with Crippen LogP contribution in [0.2, 0.25) is 0 Å². The molecule has 0 aliphatic heterocycles. The molecule has 0 amide bonds. The second-order valence-electron chi connectivity index (χ2n) is 11.1. The van der Waals surface area contributed by atoms with Gasteiger partial charge in [-0.2, -0.15) is 4.48 Å². The number of benzene rings is 4. The summed E-state index contributed by atoms with van der Waals surface area (Å²) in [5, 5.41) is 0. The van der Waals surface area contributed by atoms with Crippen molar-refractivity contribution in [2.45, 2.75) is 76.0 Å². The lowest BCUT2D eigenvalue weighted by atomic mass is 9.74. The van der Waals surface area contributed by atoms with Gasteiger partial charge in [0.15, 0.2) is 5.69 Å². The highest BCUT2D eigenvalue weighted by Gasteiger charge is 2.43.